The number of carbonyl (C=O) groups is 1. The Morgan fingerprint density at radius 3 is 2.76 bits per heavy atom. The van der Waals surface area contributed by atoms with Gasteiger partial charge in [0.1, 0.15) is 11.6 Å². The topological polar surface area (TPSA) is 99.4 Å². The first kappa shape index (κ1) is 19.6. The lowest BCUT2D eigenvalue weighted by Crippen LogP contribution is -2.43. The van der Waals surface area contributed by atoms with Crippen molar-refractivity contribution in [3.8, 4) is 5.75 Å². The fourth-order valence-electron chi connectivity index (χ4n) is 4.32. The fraction of sp³-hybridized carbons (Fsp3) is 0.476. The molecule has 1 aromatic carbocycles. The number of H-pyrrole nitrogens is 1. The Kier molecular flexibility index (Phi) is 5.64. The van der Waals surface area contributed by atoms with Crippen molar-refractivity contribution in [1.82, 2.24) is 25.7 Å². The molecule has 0 bridgehead atoms. The van der Waals surface area contributed by atoms with Gasteiger partial charge in [-0.3, -0.25) is 15.0 Å². The van der Waals surface area contributed by atoms with Crippen LogP contribution >= 0.6 is 0 Å². The van der Waals surface area contributed by atoms with Crippen LogP contribution in [-0.2, 0) is 4.79 Å². The lowest BCUT2D eigenvalue weighted by Gasteiger charge is -2.34. The largest absolute Gasteiger partial charge is 0.497 e. The number of piperidine rings is 1. The molecular formula is C21H27N5O3. The third-order valence-electron chi connectivity index (χ3n) is 5.86. The van der Waals surface area contributed by atoms with Gasteiger partial charge < -0.3 is 14.6 Å². The zero-order chi connectivity index (χ0) is 20.4. The molecule has 8 nitrogen and oxygen atoms in total. The second-order valence-electron chi connectivity index (χ2n) is 7.74. The van der Waals surface area contributed by atoms with Crippen LogP contribution in [0.15, 0.2) is 35.1 Å². The Morgan fingerprint density at radius 2 is 2.03 bits per heavy atom. The summed E-state index contributed by atoms with van der Waals surface area (Å²) in [6.07, 6.45) is 1.64. The highest BCUT2D eigenvalue weighted by atomic mass is 16.5. The summed E-state index contributed by atoms with van der Waals surface area (Å²) >= 11 is 0. The number of rotatable bonds is 4. The number of benzene rings is 1. The van der Waals surface area contributed by atoms with Gasteiger partial charge >= 0.3 is 0 Å². The van der Waals surface area contributed by atoms with E-state index in [1.165, 1.54) is 0 Å². The molecule has 2 aliphatic heterocycles. The third kappa shape index (κ3) is 4.18. The van der Waals surface area contributed by atoms with Crippen LogP contribution < -0.4 is 21.1 Å². The van der Waals surface area contributed by atoms with Crippen LogP contribution in [0.3, 0.4) is 0 Å². The number of hydrogen-bond acceptors (Lipinski definition) is 6. The van der Waals surface area contributed by atoms with Crippen molar-refractivity contribution in [3.05, 3.63) is 57.8 Å². The highest BCUT2D eigenvalue weighted by molar-refractivity contribution is 5.80. The van der Waals surface area contributed by atoms with Crippen molar-refractivity contribution in [2.24, 2.45) is 5.92 Å². The van der Waals surface area contributed by atoms with Gasteiger partial charge in [0.15, 0.2) is 0 Å². The monoisotopic (exact) mass is 397 g/mol. The van der Waals surface area contributed by atoms with E-state index >= 15 is 0 Å². The van der Waals surface area contributed by atoms with Gasteiger partial charge in [-0.25, -0.2) is 10.4 Å². The zero-order valence-electron chi connectivity index (χ0n) is 16.8. The summed E-state index contributed by atoms with van der Waals surface area (Å²) in [6, 6.07) is 9.32. The molecule has 154 valence electrons. The minimum atomic E-state index is -0.168. The van der Waals surface area contributed by atoms with Gasteiger partial charge in [0.2, 0.25) is 5.91 Å². The van der Waals surface area contributed by atoms with E-state index in [-0.39, 0.29) is 29.3 Å². The van der Waals surface area contributed by atoms with E-state index in [1.54, 1.807) is 20.1 Å². The van der Waals surface area contributed by atoms with Crippen LogP contribution in [0.2, 0.25) is 0 Å². The molecule has 0 saturated carbocycles. The van der Waals surface area contributed by atoms with Crippen LogP contribution in [0.5, 0.6) is 5.75 Å². The van der Waals surface area contributed by atoms with E-state index in [9.17, 15) is 9.59 Å². The molecule has 2 aromatic rings. The third-order valence-corrected chi connectivity index (χ3v) is 5.86. The number of aromatic amines is 1. The van der Waals surface area contributed by atoms with Crippen molar-refractivity contribution < 1.29 is 9.53 Å². The smallest absolute Gasteiger partial charge is 0.251 e. The minimum Gasteiger partial charge on any atom is -0.497 e. The van der Waals surface area contributed by atoms with Crippen LogP contribution in [0.25, 0.3) is 0 Å². The molecule has 3 N–H and O–H groups in total. The van der Waals surface area contributed by atoms with Gasteiger partial charge in [-0.15, -0.1) is 0 Å². The Morgan fingerprint density at radius 1 is 1.24 bits per heavy atom. The quantitative estimate of drug-likeness (QED) is 0.718. The Hall–Kier alpha value is -2.71. The number of nitrogens with zero attached hydrogens (tertiary/aromatic N) is 2. The molecule has 2 atom stereocenters. The number of likely N-dealkylation sites (tertiary alicyclic amines) is 1. The van der Waals surface area contributed by atoms with E-state index in [1.807, 2.05) is 29.2 Å². The summed E-state index contributed by atoms with van der Waals surface area (Å²) in [6.45, 7) is 3.74. The summed E-state index contributed by atoms with van der Waals surface area (Å²) in [7, 11) is 1.64. The molecule has 0 spiro atoms. The molecule has 8 heteroatoms. The molecule has 0 radical (unpaired) electrons. The zero-order valence-corrected chi connectivity index (χ0v) is 16.8. The number of hydrogen-bond donors (Lipinski definition) is 3. The van der Waals surface area contributed by atoms with Crippen molar-refractivity contribution in [3.63, 3.8) is 0 Å². The van der Waals surface area contributed by atoms with Crippen molar-refractivity contribution in [1.29, 1.82) is 0 Å². The first-order valence-electron chi connectivity index (χ1n) is 10.0. The maximum absolute atomic E-state index is 13.2. The summed E-state index contributed by atoms with van der Waals surface area (Å²) in [5, 5.41) is 0. The average molecular weight is 397 g/mol. The van der Waals surface area contributed by atoms with Crippen molar-refractivity contribution in [2.45, 2.75) is 31.7 Å². The summed E-state index contributed by atoms with van der Waals surface area (Å²) in [5.41, 5.74) is 8.13. The van der Waals surface area contributed by atoms with Gasteiger partial charge in [0.05, 0.1) is 24.8 Å². The summed E-state index contributed by atoms with van der Waals surface area (Å²) in [5.74, 6) is 1.62. The lowest BCUT2D eigenvalue weighted by molar-refractivity contribution is -0.136. The first-order chi connectivity index (χ1) is 14.0. The number of aromatic nitrogens is 2. The van der Waals surface area contributed by atoms with Crippen LogP contribution in [0.4, 0.5) is 0 Å². The summed E-state index contributed by atoms with van der Waals surface area (Å²) in [4.78, 5) is 34.1. The minimum absolute atomic E-state index is 0.0904. The van der Waals surface area contributed by atoms with Gasteiger partial charge in [-0.05, 0) is 37.5 Å². The Balaban J connectivity index is 1.43. The van der Waals surface area contributed by atoms with Crippen molar-refractivity contribution >= 4 is 5.91 Å². The second-order valence-corrected chi connectivity index (χ2v) is 7.74. The van der Waals surface area contributed by atoms with Gasteiger partial charge in [0.25, 0.3) is 5.56 Å². The molecule has 1 amide bonds. The molecule has 2 saturated heterocycles. The van der Waals surface area contributed by atoms with E-state index in [4.69, 9.17) is 4.74 Å². The number of hydrazine groups is 1. The number of amides is 1. The molecule has 0 aliphatic carbocycles. The van der Waals surface area contributed by atoms with Crippen LogP contribution in [-0.4, -0.2) is 47.5 Å². The number of nitrogens with one attached hydrogen (secondary N) is 3. The predicted octanol–water partition coefficient (Wildman–Crippen LogP) is 1.26. The van der Waals surface area contributed by atoms with Gasteiger partial charge in [-0.2, -0.15) is 0 Å². The van der Waals surface area contributed by atoms with E-state index in [0.717, 1.165) is 29.8 Å². The average Bonchev–Trinajstić information content (AvgIpc) is 3.22. The number of carbonyl (C=O) groups excluding carboxylic acids is 1. The molecule has 1 aromatic heterocycles. The lowest BCUT2D eigenvalue weighted by atomic mass is 9.90. The molecule has 2 unspecified atom stereocenters. The normalized spacial score (nSPS) is 22.6. The molecule has 2 aliphatic rings. The molecular weight excluding hydrogens is 370 g/mol. The first-order valence-corrected chi connectivity index (χ1v) is 10.0. The Labute approximate surface area is 169 Å². The van der Waals surface area contributed by atoms with E-state index in [0.29, 0.717) is 25.5 Å². The fourth-order valence-corrected chi connectivity index (χ4v) is 4.32. The summed E-state index contributed by atoms with van der Waals surface area (Å²) < 4.78 is 5.32. The SMILES string of the molecule is COc1cccc(C2NNCC2C(=O)N2CCC(c3cc(=O)[nH]c(C)n3)CC2)c1. The van der Waals surface area contributed by atoms with Crippen molar-refractivity contribution in [2.75, 3.05) is 26.7 Å². The standard InChI is InChI=1S/C21H27N5O3/c1-13-23-18(11-19(27)24-13)14-6-8-26(9-7-14)21(28)17-12-22-25-20(17)15-4-3-5-16(10-15)29-2/h3-5,10-11,14,17,20,22,25H,6-9,12H2,1-2H3,(H,23,24,27). The van der Waals surface area contributed by atoms with Crippen LogP contribution in [0.1, 0.15) is 41.9 Å². The predicted molar refractivity (Wildman–Crippen MR) is 109 cm³/mol. The maximum Gasteiger partial charge on any atom is 0.251 e. The molecule has 2 fully saturated rings. The molecule has 3 heterocycles. The Bertz CT molecular complexity index is 936. The number of aryl methyl sites for hydroxylation is 1. The second kappa shape index (κ2) is 8.34. The number of ether oxygens (including phenoxy) is 1. The van der Waals surface area contributed by atoms with Gasteiger partial charge in [0, 0.05) is 31.6 Å². The molecule has 4 rings (SSSR count). The van der Waals surface area contributed by atoms with Gasteiger partial charge in [-0.1, -0.05) is 12.1 Å². The van der Waals surface area contributed by atoms with Crippen LogP contribution in [0, 0.1) is 12.8 Å². The van der Waals surface area contributed by atoms with E-state index < -0.39 is 0 Å². The highest BCUT2D eigenvalue weighted by Gasteiger charge is 2.38. The number of methoxy groups -OCH3 is 1. The van der Waals surface area contributed by atoms with E-state index in [2.05, 4.69) is 20.8 Å². The molecule has 29 heavy (non-hydrogen) atoms. The highest BCUT2D eigenvalue weighted by Crippen LogP contribution is 2.31. The maximum atomic E-state index is 13.2.